The van der Waals surface area contributed by atoms with E-state index in [9.17, 15) is 4.79 Å². The molecule has 5 heteroatoms. The molecule has 1 amide bonds. The van der Waals surface area contributed by atoms with Crippen molar-refractivity contribution in [2.45, 2.75) is 39.7 Å². The van der Waals surface area contributed by atoms with Crippen LogP contribution in [-0.2, 0) is 11.2 Å². The molecule has 1 N–H and O–H groups in total. The SMILES string of the molecule is CCc1ccccc1OCC(=O)Nc1ccnn1C(C)CC. The Hall–Kier alpha value is -2.30. The number of rotatable bonds is 7. The van der Waals surface area contributed by atoms with Gasteiger partial charge < -0.3 is 10.1 Å². The summed E-state index contributed by atoms with van der Waals surface area (Å²) < 4.78 is 7.44. The van der Waals surface area contributed by atoms with Gasteiger partial charge >= 0.3 is 0 Å². The zero-order valence-corrected chi connectivity index (χ0v) is 13.4. The van der Waals surface area contributed by atoms with Gasteiger partial charge in [-0.2, -0.15) is 5.10 Å². The second kappa shape index (κ2) is 7.64. The molecule has 1 heterocycles. The van der Waals surface area contributed by atoms with Crippen molar-refractivity contribution in [1.29, 1.82) is 0 Å². The number of para-hydroxylation sites is 1. The number of hydrogen-bond acceptors (Lipinski definition) is 3. The molecule has 0 spiro atoms. The Morgan fingerprint density at radius 1 is 1.32 bits per heavy atom. The van der Waals surface area contributed by atoms with Crippen LogP contribution in [0.15, 0.2) is 36.5 Å². The summed E-state index contributed by atoms with van der Waals surface area (Å²) >= 11 is 0. The van der Waals surface area contributed by atoms with Crippen LogP contribution < -0.4 is 10.1 Å². The first-order valence-corrected chi connectivity index (χ1v) is 7.69. The van der Waals surface area contributed by atoms with Gasteiger partial charge in [0.05, 0.1) is 12.2 Å². The summed E-state index contributed by atoms with van der Waals surface area (Å²) in [5.41, 5.74) is 1.10. The van der Waals surface area contributed by atoms with E-state index < -0.39 is 0 Å². The van der Waals surface area contributed by atoms with Crippen molar-refractivity contribution in [1.82, 2.24) is 9.78 Å². The van der Waals surface area contributed by atoms with E-state index in [4.69, 9.17) is 4.74 Å². The molecular formula is C17H23N3O2. The van der Waals surface area contributed by atoms with Crippen LogP contribution >= 0.6 is 0 Å². The van der Waals surface area contributed by atoms with E-state index in [2.05, 4.69) is 31.2 Å². The molecule has 0 saturated carbocycles. The van der Waals surface area contributed by atoms with Gasteiger partial charge in [-0.15, -0.1) is 0 Å². The van der Waals surface area contributed by atoms with Crippen molar-refractivity contribution >= 4 is 11.7 Å². The minimum absolute atomic E-state index is 0.0112. The van der Waals surface area contributed by atoms with Gasteiger partial charge in [0, 0.05) is 6.07 Å². The van der Waals surface area contributed by atoms with E-state index in [-0.39, 0.29) is 18.6 Å². The van der Waals surface area contributed by atoms with E-state index in [1.54, 1.807) is 12.3 Å². The van der Waals surface area contributed by atoms with Crippen LogP contribution in [0.5, 0.6) is 5.75 Å². The van der Waals surface area contributed by atoms with Gasteiger partial charge in [0.1, 0.15) is 11.6 Å². The summed E-state index contributed by atoms with van der Waals surface area (Å²) in [6.45, 7) is 6.20. The van der Waals surface area contributed by atoms with Crippen LogP contribution in [0.3, 0.4) is 0 Å². The first-order valence-electron chi connectivity index (χ1n) is 7.69. The van der Waals surface area contributed by atoms with E-state index in [1.807, 2.05) is 28.9 Å². The highest BCUT2D eigenvalue weighted by Gasteiger charge is 2.12. The number of hydrogen-bond donors (Lipinski definition) is 1. The number of nitrogens with zero attached hydrogens (tertiary/aromatic N) is 2. The molecule has 0 aliphatic carbocycles. The Morgan fingerprint density at radius 2 is 2.09 bits per heavy atom. The fourth-order valence-corrected chi connectivity index (χ4v) is 2.20. The van der Waals surface area contributed by atoms with E-state index in [1.165, 1.54) is 0 Å². The van der Waals surface area contributed by atoms with E-state index in [0.717, 1.165) is 24.2 Å². The monoisotopic (exact) mass is 301 g/mol. The third-order valence-corrected chi connectivity index (χ3v) is 3.66. The topological polar surface area (TPSA) is 56.1 Å². The number of anilines is 1. The van der Waals surface area contributed by atoms with Gasteiger partial charge in [-0.25, -0.2) is 4.68 Å². The lowest BCUT2D eigenvalue weighted by Gasteiger charge is -2.15. The molecule has 1 aromatic carbocycles. The number of aryl methyl sites for hydroxylation is 1. The Bertz CT molecular complexity index is 622. The van der Waals surface area contributed by atoms with Crippen molar-refractivity contribution in [2.75, 3.05) is 11.9 Å². The number of carbonyl (C=O) groups is 1. The third kappa shape index (κ3) is 3.87. The largest absolute Gasteiger partial charge is 0.483 e. The highest BCUT2D eigenvalue weighted by atomic mass is 16.5. The van der Waals surface area contributed by atoms with Crippen molar-refractivity contribution in [3.63, 3.8) is 0 Å². The maximum atomic E-state index is 12.1. The Kier molecular flexibility index (Phi) is 5.58. The van der Waals surface area contributed by atoms with Crippen molar-refractivity contribution < 1.29 is 9.53 Å². The van der Waals surface area contributed by atoms with Crippen LogP contribution in [0.1, 0.15) is 38.8 Å². The van der Waals surface area contributed by atoms with Gasteiger partial charge in [0.25, 0.3) is 5.91 Å². The maximum absolute atomic E-state index is 12.1. The fraction of sp³-hybridized carbons (Fsp3) is 0.412. The molecule has 2 rings (SSSR count). The highest BCUT2D eigenvalue weighted by Crippen LogP contribution is 2.19. The van der Waals surface area contributed by atoms with Gasteiger partial charge in [0.15, 0.2) is 6.61 Å². The quantitative estimate of drug-likeness (QED) is 0.852. The minimum atomic E-state index is -0.184. The Balaban J connectivity index is 1.95. The zero-order chi connectivity index (χ0) is 15.9. The van der Waals surface area contributed by atoms with Crippen LogP contribution in [0.4, 0.5) is 5.82 Å². The van der Waals surface area contributed by atoms with Crippen molar-refractivity contribution in [2.24, 2.45) is 0 Å². The first kappa shape index (κ1) is 16.1. The number of benzene rings is 1. The summed E-state index contributed by atoms with van der Waals surface area (Å²) in [7, 11) is 0. The summed E-state index contributed by atoms with van der Waals surface area (Å²) in [5, 5.41) is 7.10. The number of aromatic nitrogens is 2. The Labute approximate surface area is 131 Å². The number of ether oxygens (including phenoxy) is 1. The van der Waals surface area contributed by atoms with Crippen LogP contribution in [0.25, 0.3) is 0 Å². The molecular weight excluding hydrogens is 278 g/mol. The van der Waals surface area contributed by atoms with E-state index in [0.29, 0.717) is 5.82 Å². The maximum Gasteiger partial charge on any atom is 0.263 e. The Morgan fingerprint density at radius 3 is 2.82 bits per heavy atom. The normalized spacial score (nSPS) is 12.0. The van der Waals surface area contributed by atoms with E-state index >= 15 is 0 Å². The van der Waals surface area contributed by atoms with Crippen LogP contribution in [0.2, 0.25) is 0 Å². The molecule has 5 nitrogen and oxygen atoms in total. The molecule has 0 aliphatic heterocycles. The lowest BCUT2D eigenvalue weighted by molar-refractivity contribution is -0.118. The lowest BCUT2D eigenvalue weighted by atomic mass is 10.1. The fourth-order valence-electron chi connectivity index (χ4n) is 2.20. The van der Waals surface area contributed by atoms with Gasteiger partial charge in [0.2, 0.25) is 0 Å². The summed E-state index contributed by atoms with van der Waals surface area (Å²) in [4.78, 5) is 12.1. The summed E-state index contributed by atoms with van der Waals surface area (Å²) in [6.07, 6.45) is 3.51. The molecule has 2 aromatic rings. The van der Waals surface area contributed by atoms with Crippen molar-refractivity contribution in [3.8, 4) is 5.75 Å². The average Bonchev–Trinajstić information content (AvgIpc) is 3.00. The molecule has 22 heavy (non-hydrogen) atoms. The molecule has 0 saturated heterocycles. The standard InChI is InChI=1S/C17H23N3O2/c1-4-13(3)20-16(10-11-18-20)19-17(21)12-22-15-9-7-6-8-14(15)5-2/h6-11,13H,4-5,12H2,1-3H3,(H,19,21). The van der Waals surface area contributed by atoms with Gasteiger partial charge in [-0.05, 0) is 31.4 Å². The molecule has 1 atom stereocenters. The lowest BCUT2D eigenvalue weighted by Crippen LogP contribution is -2.23. The number of nitrogens with one attached hydrogen (secondary N) is 1. The molecule has 118 valence electrons. The molecule has 0 bridgehead atoms. The van der Waals surface area contributed by atoms with Crippen LogP contribution in [-0.4, -0.2) is 22.3 Å². The summed E-state index contributed by atoms with van der Waals surface area (Å²) in [6, 6.07) is 9.80. The number of carbonyl (C=O) groups excluding carboxylic acids is 1. The predicted molar refractivity (Wildman–Crippen MR) is 87.2 cm³/mol. The predicted octanol–water partition coefficient (Wildman–Crippen LogP) is 3.43. The second-order valence-electron chi connectivity index (χ2n) is 5.22. The van der Waals surface area contributed by atoms with Crippen LogP contribution in [0, 0.1) is 0 Å². The molecule has 1 aromatic heterocycles. The third-order valence-electron chi connectivity index (χ3n) is 3.66. The smallest absolute Gasteiger partial charge is 0.263 e. The highest BCUT2D eigenvalue weighted by molar-refractivity contribution is 5.91. The minimum Gasteiger partial charge on any atom is -0.483 e. The number of amides is 1. The van der Waals surface area contributed by atoms with Gasteiger partial charge in [-0.3, -0.25) is 4.79 Å². The van der Waals surface area contributed by atoms with Gasteiger partial charge in [-0.1, -0.05) is 32.0 Å². The molecule has 0 aliphatic rings. The molecule has 1 unspecified atom stereocenters. The molecule has 0 fully saturated rings. The summed E-state index contributed by atoms with van der Waals surface area (Å²) in [5.74, 6) is 1.28. The zero-order valence-electron chi connectivity index (χ0n) is 13.4. The average molecular weight is 301 g/mol. The molecule has 0 radical (unpaired) electrons. The second-order valence-corrected chi connectivity index (χ2v) is 5.22. The first-order chi connectivity index (χ1) is 10.7. The van der Waals surface area contributed by atoms with Crippen molar-refractivity contribution in [3.05, 3.63) is 42.1 Å².